The fourth-order valence-corrected chi connectivity index (χ4v) is 8.79. The van der Waals surface area contributed by atoms with Crippen molar-refractivity contribution < 1.29 is 9.84 Å². The van der Waals surface area contributed by atoms with Gasteiger partial charge in [0.15, 0.2) is 0 Å². The van der Waals surface area contributed by atoms with Crippen LogP contribution in [0.25, 0.3) is 0 Å². The highest BCUT2D eigenvalue weighted by molar-refractivity contribution is 5.81. The number of rotatable bonds is 6. The molecule has 34 heavy (non-hydrogen) atoms. The van der Waals surface area contributed by atoms with Crippen LogP contribution in [0.5, 0.6) is 0 Å². The van der Waals surface area contributed by atoms with Crippen LogP contribution in [0, 0.1) is 34.5 Å². The molecule has 4 fully saturated rings. The Kier molecular flexibility index (Phi) is 6.75. The van der Waals surface area contributed by atoms with Crippen LogP contribution < -0.4 is 11.2 Å². The summed E-state index contributed by atoms with van der Waals surface area (Å²) in [5.41, 5.74) is 8.49. The largest absolute Gasteiger partial charge is 0.389 e. The molecule has 4 aliphatic carbocycles. The lowest BCUT2D eigenvalue weighted by molar-refractivity contribution is -0.207. The van der Waals surface area contributed by atoms with Crippen molar-refractivity contribution in [2.24, 2.45) is 50.3 Å². The number of nitrogens with two attached hydrogens (primary N) is 1. The molecule has 8 atom stereocenters. The Labute approximate surface area is 206 Å². The van der Waals surface area contributed by atoms with Gasteiger partial charge in [-0.15, -0.1) is 0 Å². The van der Waals surface area contributed by atoms with Crippen molar-refractivity contribution >= 4 is 12.2 Å². The summed E-state index contributed by atoms with van der Waals surface area (Å²) in [6.45, 7) is 8.19. The Morgan fingerprint density at radius 1 is 1.18 bits per heavy atom. The first-order chi connectivity index (χ1) is 16.3. The normalized spacial score (nSPS) is 46.2. The summed E-state index contributed by atoms with van der Waals surface area (Å²) < 4.78 is 6.19. The molecule has 7 nitrogen and oxygen atoms in total. The van der Waals surface area contributed by atoms with E-state index < -0.39 is 5.60 Å². The Morgan fingerprint density at radius 2 is 2.03 bits per heavy atom. The molecule has 4 N–H and O–H groups in total. The second-order valence-corrected chi connectivity index (χ2v) is 12.4. The summed E-state index contributed by atoms with van der Waals surface area (Å²) in [6, 6.07) is 0. The zero-order valence-electron chi connectivity index (χ0n) is 21.6. The van der Waals surface area contributed by atoms with Gasteiger partial charge in [-0.1, -0.05) is 13.8 Å². The van der Waals surface area contributed by atoms with Gasteiger partial charge in [0.2, 0.25) is 5.96 Å². The van der Waals surface area contributed by atoms with E-state index in [1.807, 2.05) is 7.05 Å². The van der Waals surface area contributed by atoms with Crippen molar-refractivity contribution in [1.82, 2.24) is 10.3 Å². The van der Waals surface area contributed by atoms with Gasteiger partial charge >= 0.3 is 0 Å². The Balaban J connectivity index is 1.27. The molecule has 1 aliphatic heterocycles. The quantitative estimate of drug-likeness (QED) is 0.312. The van der Waals surface area contributed by atoms with E-state index in [0.717, 1.165) is 70.1 Å². The fraction of sp³-hybridized carbons (Fsp3) is 0.926. The SMILES string of the molecule is CN1CCN=C1N/N=C/[C@H]1CC[C@]2(O)[C@@H]3CC[C@@H]4C[C@@H](OCCCN)CC[C@]4(C)[C@H]3CC[C@]12C. The summed E-state index contributed by atoms with van der Waals surface area (Å²) in [5.74, 6) is 2.94. The molecule has 0 amide bonds. The third-order valence-electron chi connectivity index (χ3n) is 11.1. The van der Waals surface area contributed by atoms with Crippen molar-refractivity contribution in [3.05, 3.63) is 0 Å². The number of likely N-dealkylation sites (N-methyl/N-ethyl adjacent to an activating group) is 1. The van der Waals surface area contributed by atoms with Gasteiger partial charge in [0.25, 0.3) is 0 Å². The molecule has 0 bridgehead atoms. The van der Waals surface area contributed by atoms with E-state index in [4.69, 9.17) is 10.5 Å². The number of guanidine groups is 1. The average Bonchev–Trinajstić information content (AvgIpc) is 3.34. The fourth-order valence-electron chi connectivity index (χ4n) is 8.79. The van der Waals surface area contributed by atoms with Crippen LogP contribution in [0.1, 0.15) is 78.1 Å². The Morgan fingerprint density at radius 3 is 2.79 bits per heavy atom. The first-order valence-corrected chi connectivity index (χ1v) is 13.9. The van der Waals surface area contributed by atoms with Crippen LogP contribution in [-0.4, -0.2) is 67.2 Å². The smallest absolute Gasteiger partial charge is 0.214 e. The highest BCUT2D eigenvalue weighted by Gasteiger charge is 2.66. The van der Waals surface area contributed by atoms with Crippen molar-refractivity contribution in [3.8, 4) is 0 Å². The van der Waals surface area contributed by atoms with Gasteiger partial charge in [-0.3, -0.25) is 0 Å². The van der Waals surface area contributed by atoms with Crippen molar-refractivity contribution in [3.63, 3.8) is 0 Å². The number of hydrogen-bond acceptors (Lipinski definition) is 7. The van der Waals surface area contributed by atoms with Gasteiger partial charge in [0.1, 0.15) is 0 Å². The van der Waals surface area contributed by atoms with Gasteiger partial charge in [0, 0.05) is 37.7 Å². The molecular weight excluding hydrogens is 426 g/mol. The predicted octanol–water partition coefficient (Wildman–Crippen LogP) is 3.37. The van der Waals surface area contributed by atoms with E-state index in [2.05, 4.69) is 40.5 Å². The first kappa shape index (κ1) is 24.5. The topological polar surface area (TPSA) is 95.5 Å². The van der Waals surface area contributed by atoms with Crippen LogP contribution in [0.3, 0.4) is 0 Å². The number of fused-ring (bicyclic) bond motifs is 5. The maximum absolute atomic E-state index is 12.3. The number of nitrogens with one attached hydrogen (secondary N) is 1. The van der Waals surface area contributed by atoms with E-state index in [-0.39, 0.29) is 5.41 Å². The lowest BCUT2D eigenvalue weighted by Crippen LogP contribution is -2.62. The number of aliphatic hydroxyl groups is 1. The Hall–Kier alpha value is -1.18. The van der Waals surface area contributed by atoms with Gasteiger partial charge < -0.3 is 20.5 Å². The van der Waals surface area contributed by atoms with Crippen LogP contribution in [0.15, 0.2) is 10.1 Å². The van der Waals surface area contributed by atoms with Gasteiger partial charge in [-0.25, -0.2) is 10.4 Å². The summed E-state index contributed by atoms with van der Waals surface area (Å²) in [6.07, 6.45) is 13.7. The summed E-state index contributed by atoms with van der Waals surface area (Å²) in [4.78, 5) is 6.58. The zero-order valence-corrected chi connectivity index (χ0v) is 21.6. The van der Waals surface area contributed by atoms with Crippen LogP contribution in [0.4, 0.5) is 0 Å². The standard InChI is InChI=1S/C27H47N5O2/c1-25-10-8-21(34-16-4-13-28)17-19(25)5-6-23-22(25)9-11-26(2)20(7-12-27(23,26)33)18-30-31-24-29-14-15-32(24)3/h18-23,33H,4-17,28H2,1-3H3,(H,29,31)/b30-18+/t19-,20-,21+,22+,23-,25+,26-,27+/m1/s1. The third kappa shape index (κ3) is 3.90. The number of nitrogens with zero attached hydrogens (tertiary/aromatic N) is 3. The molecule has 0 spiro atoms. The molecule has 192 valence electrons. The van der Waals surface area contributed by atoms with Gasteiger partial charge in [-0.2, -0.15) is 5.10 Å². The van der Waals surface area contributed by atoms with E-state index in [1.165, 1.54) is 25.7 Å². The minimum absolute atomic E-state index is 0.0888. The van der Waals surface area contributed by atoms with Crippen LogP contribution in [0.2, 0.25) is 0 Å². The highest BCUT2D eigenvalue weighted by atomic mass is 16.5. The second-order valence-electron chi connectivity index (χ2n) is 12.4. The number of aliphatic imine (C=N–C) groups is 1. The summed E-state index contributed by atoms with van der Waals surface area (Å²) in [5, 5.41) is 16.9. The molecule has 5 rings (SSSR count). The highest BCUT2D eigenvalue weighted by Crippen LogP contribution is 2.68. The molecule has 5 aliphatic rings. The molecule has 0 unspecified atom stereocenters. The summed E-state index contributed by atoms with van der Waals surface area (Å²) in [7, 11) is 2.04. The third-order valence-corrected chi connectivity index (χ3v) is 11.1. The minimum Gasteiger partial charge on any atom is -0.389 e. The Bertz CT molecular complexity index is 804. The van der Waals surface area contributed by atoms with Gasteiger partial charge in [-0.05, 0) is 93.9 Å². The minimum atomic E-state index is -0.573. The van der Waals surface area contributed by atoms with E-state index in [1.54, 1.807) is 0 Å². The second kappa shape index (κ2) is 9.36. The molecule has 0 aromatic rings. The number of hydrogen-bond donors (Lipinski definition) is 3. The maximum atomic E-state index is 12.3. The monoisotopic (exact) mass is 473 g/mol. The zero-order chi connectivity index (χ0) is 24.0. The molecule has 7 heteroatoms. The molecule has 0 aromatic heterocycles. The van der Waals surface area contributed by atoms with Crippen molar-refractivity contribution in [2.75, 3.05) is 33.3 Å². The molecular formula is C27H47N5O2. The van der Waals surface area contributed by atoms with E-state index in [0.29, 0.717) is 35.8 Å². The molecule has 0 saturated heterocycles. The van der Waals surface area contributed by atoms with Gasteiger partial charge in [0.05, 0.1) is 18.2 Å². The summed E-state index contributed by atoms with van der Waals surface area (Å²) >= 11 is 0. The van der Waals surface area contributed by atoms with Crippen molar-refractivity contribution in [2.45, 2.75) is 89.8 Å². The van der Waals surface area contributed by atoms with E-state index >= 15 is 0 Å². The lowest BCUT2D eigenvalue weighted by atomic mass is 9.43. The van der Waals surface area contributed by atoms with Crippen LogP contribution in [-0.2, 0) is 4.74 Å². The molecule has 1 heterocycles. The molecule has 0 radical (unpaired) electrons. The maximum Gasteiger partial charge on any atom is 0.214 e. The lowest BCUT2D eigenvalue weighted by Gasteiger charge is -2.63. The first-order valence-electron chi connectivity index (χ1n) is 13.9. The number of ether oxygens (including phenoxy) is 1. The predicted molar refractivity (Wildman–Crippen MR) is 137 cm³/mol. The van der Waals surface area contributed by atoms with E-state index in [9.17, 15) is 5.11 Å². The average molecular weight is 474 g/mol. The van der Waals surface area contributed by atoms with Crippen LogP contribution >= 0.6 is 0 Å². The number of hydrazone groups is 1. The molecule has 0 aromatic carbocycles. The molecule has 4 saturated carbocycles. The van der Waals surface area contributed by atoms with Crippen molar-refractivity contribution in [1.29, 1.82) is 0 Å².